The molecule has 5 nitrogen and oxygen atoms in total. The van der Waals surface area contributed by atoms with Gasteiger partial charge in [0.2, 0.25) is 0 Å². The Balaban J connectivity index is 1.08. The van der Waals surface area contributed by atoms with E-state index in [1.807, 2.05) is 0 Å². The summed E-state index contributed by atoms with van der Waals surface area (Å²) < 4.78 is 17.0. The van der Waals surface area contributed by atoms with Crippen molar-refractivity contribution in [3.8, 4) is 0 Å². The largest absolute Gasteiger partial charge is 0.454 e. The van der Waals surface area contributed by atoms with Gasteiger partial charge in [-0.1, -0.05) is 205 Å². The molecule has 75 heavy (non-hydrogen) atoms. The smallest absolute Gasteiger partial charge is 0.159 e. The van der Waals surface area contributed by atoms with Crippen molar-refractivity contribution in [1.82, 2.24) is 4.40 Å². The van der Waals surface area contributed by atoms with Crippen molar-refractivity contribution < 1.29 is 8.83 Å². The third-order valence-corrected chi connectivity index (χ3v) is 15.9. The van der Waals surface area contributed by atoms with Crippen molar-refractivity contribution >= 4 is 138 Å². The minimum Gasteiger partial charge on any atom is -0.454 e. The standard InChI is InChI=1S/C70H53N3O2/c1-69(2,3)54-36-18-30-48-50-32-20-38-56(67(50)74-65(48)54)71(44-24-9-7-10-25-44)63-46-28-15-13-22-42(46)40-58-60(63)52-34-17-35-53-61-59(73(58)62(52)53)41-43-23-14-16-29-47(43)64(61)72(45-26-11-8-12-27-45)57-39-21-33-51-49-31-19-37-55(70(4,5)6)66(49)75-68(51)57/h7-41H,1-6H3. The molecule has 0 amide bonds. The van der Waals surface area contributed by atoms with E-state index in [0.717, 1.165) is 111 Å². The Kier molecular flexibility index (Phi) is 9.12. The molecule has 4 aromatic heterocycles. The van der Waals surface area contributed by atoms with Gasteiger partial charge in [-0.15, -0.1) is 0 Å². The fourth-order valence-corrected chi connectivity index (χ4v) is 12.6. The molecule has 15 aromatic rings. The van der Waals surface area contributed by atoms with Crippen LogP contribution < -0.4 is 9.80 Å². The first-order valence-electron chi connectivity index (χ1n) is 26.2. The maximum atomic E-state index is 7.21. The van der Waals surface area contributed by atoms with Crippen LogP contribution in [0.3, 0.4) is 0 Å². The summed E-state index contributed by atoms with van der Waals surface area (Å²) in [5.74, 6) is 0. The summed E-state index contributed by atoms with van der Waals surface area (Å²) >= 11 is 0. The van der Waals surface area contributed by atoms with Gasteiger partial charge < -0.3 is 23.0 Å². The summed E-state index contributed by atoms with van der Waals surface area (Å²) in [7, 11) is 0. The summed E-state index contributed by atoms with van der Waals surface area (Å²) in [5, 5.41) is 13.8. The van der Waals surface area contributed by atoms with Crippen molar-refractivity contribution in [2.24, 2.45) is 0 Å². The predicted molar refractivity (Wildman–Crippen MR) is 317 cm³/mol. The summed E-state index contributed by atoms with van der Waals surface area (Å²) in [4.78, 5) is 4.93. The zero-order chi connectivity index (χ0) is 50.5. The minimum absolute atomic E-state index is 0.113. The van der Waals surface area contributed by atoms with Crippen molar-refractivity contribution in [2.75, 3.05) is 9.80 Å². The number of furan rings is 2. The lowest BCUT2D eigenvalue weighted by molar-refractivity contribution is 0.572. The van der Waals surface area contributed by atoms with Gasteiger partial charge in [0.1, 0.15) is 11.2 Å². The second-order valence-electron chi connectivity index (χ2n) is 22.4. The third-order valence-electron chi connectivity index (χ3n) is 15.9. The molecule has 0 N–H and O–H groups in total. The average molecular weight is 968 g/mol. The summed E-state index contributed by atoms with van der Waals surface area (Å²) in [6.45, 7) is 13.6. The first kappa shape index (κ1) is 43.5. The van der Waals surface area contributed by atoms with E-state index in [-0.39, 0.29) is 10.8 Å². The Morgan fingerprint density at radius 1 is 0.333 bits per heavy atom. The molecule has 0 bridgehead atoms. The topological polar surface area (TPSA) is 37.2 Å². The van der Waals surface area contributed by atoms with Crippen LogP contribution in [0.15, 0.2) is 221 Å². The molecular formula is C70H53N3O2. The van der Waals surface area contributed by atoms with E-state index < -0.39 is 0 Å². The normalized spacial score (nSPS) is 12.7. The number of fused-ring (bicyclic) bond motifs is 14. The zero-order valence-electron chi connectivity index (χ0n) is 42.9. The van der Waals surface area contributed by atoms with Gasteiger partial charge in [0.25, 0.3) is 0 Å². The number of para-hydroxylation sites is 7. The lowest BCUT2D eigenvalue weighted by atomic mass is 9.86. The maximum Gasteiger partial charge on any atom is 0.159 e. The van der Waals surface area contributed by atoms with Crippen LogP contribution >= 0.6 is 0 Å². The average Bonchev–Trinajstić information content (AvgIpc) is 4.37. The Bertz CT molecular complexity index is 4490. The van der Waals surface area contributed by atoms with Crippen molar-refractivity contribution in [1.29, 1.82) is 0 Å². The van der Waals surface area contributed by atoms with E-state index in [1.54, 1.807) is 0 Å². The first-order chi connectivity index (χ1) is 36.5. The second-order valence-corrected chi connectivity index (χ2v) is 22.4. The number of hydrogen-bond donors (Lipinski definition) is 0. The molecule has 0 unspecified atom stereocenters. The van der Waals surface area contributed by atoms with E-state index >= 15 is 0 Å². The van der Waals surface area contributed by atoms with Crippen LogP contribution in [-0.4, -0.2) is 4.40 Å². The lowest BCUT2D eigenvalue weighted by Gasteiger charge is -2.28. The molecule has 4 heterocycles. The third kappa shape index (κ3) is 6.25. The SMILES string of the molecule is CC(C)(C)c1cccc2c1oc1c(N(c3ccccc3)c3c4ccccc4cc4c3c3cccc5c6c(N(c7ccccc7)c7cccc8c7oc7c(C(C)(C)C)cccc78)c7ccccc7cc6n4c35)cccc12. The number of aromatic nitrogens is 1. The molecule has 5 heteroatoms. The molecule has 15 rings (SSSR count). The second kappa shape index (κ2) is 15.7. The highest BCUT2D eigenvalue weighted by Crippen LogP contribution is 2.55. The Hall–Kier alpha value is -9.06. The number of nitrogens with zero attached hydrogens (tertiary/aromatic N) is 3. The molecule has 0 aliphatic carbocycles. The fraction of sp³-hybridized carbons (Fsp3) is 0.114. The van der Waals surface area contributed by atoms with Gasteiger partial charge in [-0.2, -0.15) is 0 Å². The molecule has 0 aliphatic rings. The molecule has 0 radical (unpaired) electrons. The highest BCUT2D eigenvalue weighted by atomic mass is 16.3. The molecule has 0 spiro atoms. The van der Waals surface area contributed by atoms with Crippen LogP contribution in [0.25, 0.3) is 104 Å². The highest BCUT2D eigenvalue weighted by molar-refractivity contribution is 6.34. The fourth-order valence-electron chi connectivity index (χ4n) is 12.6. The number of anilines is 6. The van der Waals surface area contributed by atoms with E-state index in [0.29, 0.717) is 0 Å². The van der Waals surface area contributed by atoms with E-state index in [4.69, 9.17) is 8.83 Å². The van der Waals surface area contributed by atoms with Crippen LogP contribution in [0.5, 0.6) is 0 Å². The predicted octanol–water partition coefficient (Wildman–Crippen LogP) is 20.5. The van der Waals surface area contributed by atoms with Crippen LogP contribution in [0.4, 0.5) is 34.1 Å². The van der Waals surface area contributed by atoms with Gasteiger partial charge >= 0.3 is 0 Å². The first-order valence-corrected chi connectivity index (χ1v) is 26.2. The summed E-state index contributed by atoms with van der Waals surface area (Å²) in [5.41, 5.74) is 15.5. The molecule has 0 atom stereocenters. The Morgan fingerprint density at radius 3 is 1.11 bits per heavy atom. The number of benzene rings is 11. The molecule has 0 saturated heterocycles. The molecule has 0 aliphatic heterocycles. The molecule has 360 valence electrons. The summed E-state index contributed by atoms with van der Waals surface area (Å²) in [6, 6.07) is 77.7. The van der Waals surface area contributed by atoms with E-state index in [9.17, 15) is 0 Å². The minimum atomic E-state index is -0.113. The number of rotatable bonds is 6. The van der Waals surface area contributed by atoms with Crippen molar-refractivity contribution in [2.45, 2.75) is 52.4 Å². The molecule has 0 saturated carbocycles. The molecular weight excluding hydrogens is 915 g/mol. The van der Waals surface area contributed by atoms with Gasteiger partial charge in [0.05, 0.1) is 39.3 Å². The van der Waals surface area contributed by atoms with Gasteiger partial charge in [-0.25, -0.2) is 0 Å². The Labute approximate surface area is 434 Å². The van der Waals surface area contributed by atoms with Gasteiger partial charge in [-0.3, -0.25) is 0 Å². The summed E-state index contributed by atoms with van der Waals surface area (Å²) in [6.07, 6.45) is 0. The van der Waals surface area contributed by atoms with Gasteiger partial charge in [-0.05, 0) is 70.1 Å². The van der Waals surface area contributed by atoms with Crippen LogP contribution in [0.2, 0.25) is 0 Å². The molecule has 0 fully saturated rings. The Morgan fingerprint density at radius 2 is 0.680 bits per heavy atom. The highest BCUT2D eigenvalue weighted by Gasteiger charge is 2.32. The van der Waals surface area contributed by atoms with Gasteiger partial charge in [0.15, 0.2) is 11.2 Å². The van der Waals surface area contributed by atoms with Crippen LogP contribution in [-0.2, 0) is 10.8 Å². The van der Waals surface area contributed by atoms with E-state index in [1.165, 1.54) is 38.2 Å². The quantitative estimate of drug-likeness (QED) is 0.166. The molecule has 11 aromatic carbocycles. The number of hydrogen-bond acceptors (Lipinski definition) is 4. The zero-order valence-corrected chi connectivity index (χ0v) is 42.9. The van der Waals surface area contributed by atoms with Crippen LogP contribution in [0, 0.1) is 0 Å². The van der Waals surface area contributed by atoms with Crippen molar-refractivity contribution in [3.63, 3.8) is 0 Å². The van der Waals surface area contributed by atoms with Gasteiger partial charge in [0, 0.05) is 76.4 Å². The monoisotopic (exact) mass is 967 g/mol. The maximum absolute atomic E-state index is 7.21. The van der Waals surface area contributed by atoms with Crippen LogP contribution in [0.1, 0.15) is 52.7 Å². The van der Waals surface area contributed by atoms with Crippen molar-refractivity contribution in [3.05, 3.63) is 223 Å². The lowest BCUT2D eigenvalue weighted by Crippen LogP contribution is -2.12. The van der Waals surface area contributed by atoms with E-state index in [2.05, 4.69) is 268 Å².